The molecule has 2 rings (SSSR count). The molecule has 0 unspecified atom stereocenters. The molecule has 2 heterocycles. The average Bonchev–Trinajstić information content (AvgIpc) is 2.39. The minimum Gasteiger partial charge on any atom is -0.327 e. The van der Waals surface area contributed by atoms with Crippen LogP contribution in [0.25, 0.3) is 0 Å². The van der Waals surface area contributed by atoms with Gasteiger partial charge in [-0.15, -0.1) is 0 Å². The Morgan fingerprint density at radius 3 is 2.82 bits per heavy atom. The van der Waals surface area contributed by atoms with Crippen LogP contribution >= 0.6 is 0 Å². The van der Waals surface area contributed by atoms with E-state index >= 15 is 0 Å². The second kappa shape index (κ2) is 4.58. The number of pyridine rings is 1. The summed E-state index contributed by atoms with van der Waals surface area (Å²) < 4.78 is 0. The molecule has 2 aromatic rings. The molecule has 2 aromatic heterocycles. The highest BCUT2D eigenvalue weighted by Crippen LogP contribution is 2.23. The molecule has 0 bridgehead atoms. The Hall–Kier alpha value is -2.48. The Morgan fingerprint density at radius 1 is 1.35 bits per heavy atom. The fraction of sp³-hybridized carbons (Fsp3) is 0.167. The first-order valence-electron chi connectivity index (χ1n) is 5.10. The number of rotatable bonds is 2. The normalized spacial score (nSPS) is 9.71. The third-order valence-electron chi connectivity index (χ3n) is 2.36. The van der Waals surface area contributed by atoms with E-state index in [-0.39, 0.29) is 0 Å². The van der Waals surface area contributed by atoms with Crippen molar-refractivity contribution in [3.8, 4) is 6.07 Å². The van der Waals surface area contributed by atoms with Crippen LogP contribution in [0.15, 0.2) is 30.7 Å². The lowest BCUT2D eigenvalue weighted by atomic mass is 10.3. The number of aryl methyl sites for hydroxylation is 1. The van der Waals surface area contributed by atoms with Crippen molar-refractivity contribution in [3.05, 3.63) is 42.1 Å². The average molecular weight is 225 g/mol. The van der Waals surface area contributed by atoms with Gasteiger partial charge in [0.1, 0.15) is 17.5 Å². The van der Waals surface area contributed by atoms with Crippen LogP contribution in [0.5, 0.6) is 0 Å². The largest absolute Gasteiger partial charge is 0.327 e. The Bertz CT molecular complexity index is 559. The molecule has 0 atom stereocenters. The van der Waals surface area contributed by atoms with E-state index in [4.69, 9.17) is 5.26 Å². The van der Waals surface area contributed by atoms with Crippen molar-refractivity contribution in [3.63, 3.8) is 0 Å². The van der Waals surface area contributed by atoms with E-state index in [1.54, 1.807) is 19.3 Å². The van der Waals surface area contributed by atoms with Crippen molar-refractivity contribution < 1.29 is 0 Å². The molecule has 0 saturated carbocycles. The third-order valence-corrected chi connectivity index (χ3v) is 2.36. The van der Waals surface area contributed by atoms with Crippen molar-refractivity contribution in [2.75, 3.05) is 11.9 Å². The molecular weight excluding hydrogens is 214 g/mol. The second-order valence-corrected chi connectivity index (χ2v) is 3.54. The van der Waals surface area contributed by atoms with Gasteiger partial charge in [0.25, 0.3) is 0 Å². The number of aromatic nitrogens is 3. The van der Waals surface area contributed by atoms with Gasteiger partial charge in [0.15, 0.2) is 5.82 Å². The maximum atomic E-state index is 9.03. The van der Waals surface area contributed by atoms with Crippen LogP contribution in [0, 0.1) is 18.3 Å². The van der Waals surface area contributed by atoms with E-state index in [1.165, 1.54) is 6.20 Å². The molecule has 0 fully saturated rings. The van der Waals surface area contributed by atoms with Crippen LogP contribution in [0.1, 0.15) is 11.4 Å². The predicted octanol–water partition coefficient (Wildman–Crippen LogP) is 1.82. The summed E-state index contributed by atoms with van der Waals surface area (Å²) in [5.74, 6) is 1.22. The van der Waals surface area contributed by atoms with E-state index in [1.807, 2.05) is 24.1 Å². The van der Waals surface area contributed by atoms with Crippen LogP contribution in [0.4, 0.5) is 11.5 Å². The summed E-state index contributed by atoms with van der Waals surface area (Å²) in [5.41, 5.74) is 1.32. The maximum absolute atomic E-state index is 9.03. The second-order valence-electron chi connectivity index (χ2n) is 3.54. The predicted molar refractivity (Wildman–Crippen MR) is 63.8 cm³/mol. The number of anilines is 2. The topological polar surface area (TPSA) is 65.7 Å². The molecule has 0 aliphatic rings. The van der Waals surface area contributed by atoms with E-state index < -0.39 is 0 Å². The Labute approximate surface area is 99.4 Å². The zero-order chi connectivity index (χ0) is 12.3. The van der Waals surface area contributed by atoms with Crippen LogP contribution in [-0.4, -0.2) is 22.0 Å². The third kappa shape index (κ3) is 2.21. The Balaban J connectivity index is 2.47. The van der Waals surface area contributed by atoms with Gasteiger partial charge >= 0.3 is 0 Å². The van der Waals surface area contributed by atoms with Crippen LogP contribution in [-0.2, 0) is 0 Å². The standard InChI is InChI=1S/C12H11N5/c1-9-15-7-10(6-13)12(16-9)17(2)11-4-3-5-14-8-11/h3-5,7-8H,1-2H3. The van der Waals surface area contributed by atoms with Gasteiger partial charge in [0, 0.05) is 13.2 Å². The van der Waals surface area contributed by atoms with Crippen molar-refractivity contribution in [1.29, 1.82) is 5.26 Å². The quantitative estimate of drug-likeness (QED) is 0.779. The molecule has 0 aliphatic carbocycles. The molecule has 0 spiro atoms. The SMILES string of the molecule is Cc1ncc(C#N)c(N(C)c2cccnc2)n1. The van der Waals surface area contributed by atoms with Gasteiger partial charge in [-0.05, 0) is 19.1 Å². The molecule has 5 heteroatoms. The van der Waals surface area contributed by atoms with Crippen molar-refractivity contribution in [1.82, 2.24) is 15.0 Å². The van der Waals surface area contributed by atoms with E-state index in [9.17, 15) is 0 Å². The Morgan fingerprint density at radius 2 is 2.18 bits per heavy atom. The lowest BCUT2D eigenvalue weighted by Gasteiger charge is -2.18. The van der Waals surface area contributed by atoms with Crippen molar-refractivity contribution in [2.24, 2.45) is 0 Å². The molecule has 0 aliphatic heterocycles. The minimum atomic E-state index is 0.446. The molecule has 0 amide bonds. The van der Waals surface area contributed by atoms with Gasteiger partial charge in [-0.25, -0.2) is 9.97 Å². The van der Waals surface area contributed by atoms with Crippen LogP contribution in [0.2, 0.25) is 0 Å². The number of nitriles is 1. The fourth-order valence-electron chi connectivity index (χ4n) is 1.47. The highest BCUT2D eigenvalue weighted by atomic mass is 15.2. The van der Waals surface area contributed by atoms with Gasteiger partial charge in [-0.3, -0.25) is 4.98 Å². The van der Waals surface area contributed by atoms with Crippen molar-refractivity contribution in [2.45, 2.75) is 6.92 Å². The summed E-state index contributed by atoms with van der Waals surface area (Å²) in [4.78, 5) is 14.2. The van der Waals surface area contributed by atoms with E-state index in [0.717, 1.165) is 5.69 Å². The number of hydrogen-bond donors (Lipinski definition) is 0. The molecule has 5 nitrogen and oxygen atoms in total. The molecule has 17 heavy (non-hydrogen) atoms. The van der Waals surface area contributed by atoms with E-state index in [2.05, 4.69) is 21.0 Å². The van der Waals surface area contributed by atoms with Gasteiger partial charge in [0.2, 0.25) is 0 Å². The zero-order valence-electron chi connectivity index (χ0n) is 9.62. The maximum Gasteiger partial charge on any atom is 0.154 e. The first-order valence-corrected chi connectivity index (χ1v) is 5.10. The first kappa shape index (κ1) is 11.0. The summed E-state index contributed by atoms with van der Waals surface area (Å²) in [6.07, 6.45) is 4.96. The highest BCUT2D eigenvalue weighted by molar-refractivity contribution is 5.63. The molecule has 84 valence electrons. The summed E-state index contributed by atoms with van der Waals surface area (Å²) >= 11 is 0. The first-order chi connectivity index (χ1) is 8.22. The number of nitrogens with zero attached hydrogens (tertiary/aromatic N) is 5. The van der Waals surface area contributed by atoms with E-state index in [0.29, 0.717) is 17.2 Å². The lowest BCUT2D eigenvalue weighted by Crippen LogP contribution is -2.14. The van der Waals surface area contributed by atoms with Crippen molar-refractivity contribution >= 4 is 11.5 Å². The number of hydrogen-bond acceptors (Lipinski definition) is 5. The molecule has 0 radical (unpaired) electrons. The molecular formula is C12H11N5. The summed E-state index contributed by atoms with van der Waals surface area (Å²) in [5, 5.41) is 9.03. The van der Waals surface area contributed by atoms with Gasteiger partial charge < -0.3 is 4.90 Å². The van der Waals surface area contributed by atoms with Gasteiger partial charge in [0.05, 0.1) is 18.1 Å². The lowest BCUT2D eigenvalue weighted by molar-refractivity contribution is 1.00. The zero-order valence-corrected chi connectivity index (χ0v) is 9.62. The minimum absolute atomic E-state index is 0.446. The van der Waals surface area contributed by atoms with Gasteiger partial charge in [-0.1, -0.05) is 0 Å². The molecule has 0 saturated heterocycles. The van der Waals surface area contributed by atoms with Crippen LogP contribution in [0.3, 0.4) is 0 Å². The Kier molecular flexibility index (Phi) is 2.97. The fourth-order valence-corrected chi connectivity index (χ4v) is 1.47. The van der Waals surface area contributed by atoms with Crippen LogP contribution < -0.4 is 4.90 Å². The smallest absolute Gasteiger partial charge is 0.154 e. The van der Waals surface area contributed by atoms with Gasteiger partial charge in [-0.2, -0.15) is 5.26 Å². The summed E-state index contributed by atoms with van der Waals surface area (Å²) in [6.45, 7) is 1.79. The monoisotopic (exact) mass is 225 g/mol. The summed E-state index contributed by atoms with van der Waals surface area (Å²) in [7, 11) is 1.85. The molecule has 0 N–H and O–H groups in total. The molecule has 0 aromatic carbocycles. The summed E-state index contributed by atoms with van der Waals surface area (Å²) in [6, 6.07) is 5.83. The highest BCUT2D eigenvalue weighted by Gasteiger charge is 2.11.